The van der Waals surface area contributed by atoms with Crippen LogP contribution in [0.25, 0.3) is 0 Å². The first-order valence-corrected chi connectivity index (χ1v) is 6.31. The van der Waals surface area contributed by atoms with E-state index in [0.717, 1.165) is 17.9 Å². The van der Waals surface area contributed by atoms with Crippen LogP contribution in [0.15, 0.2) is 24.3 Å². The number of hydrogen-bond acceptors (Lipinski definition) is 2. The van der Waals surface area contributed by atoms with Crippen LogP contribution >= 0.6 is 11.6 Å². The van der Waals surface area contributed by atoms with Gasteiger partial charge in [0, 0.05) is 18.7 Å². The first-order chi connectivity index (χ1) is 8.20. The zero-order valence-corrected chi connectivity index (χ0v) is 10.6. The molecule has 1 aromatic rings. The molecule has 1 atom stereocenters. The van der Waals surface area contributed by atoms with E-state index in [1.807, 2.05) is 24.3 Å². The Bertz CT molecular complexity index is 391. The molecule has 0 saturated carbocycles. The van der Waals surface area contributed by atoms with E-state index in [0.29, 0.717) is 19.6 Å². The molecule has 2 rings (SSSR count). The summed E-state index contributed by atoms with van der Waals surface area (Å²) >= 11 is 5.96. The van der Waals surface area contributed by atoms with Gasteiger partial charge in [-0.2, -0.15) is 0 Å². The Hall–Kier alpha value is -1.22. The second-order valence-electron chi connectivity index (χ2n) is 4.15. The lowest BCUT2D eigenvalue weighted by Gasteiger charge is -2.16. The predicted octanol–water partition coefficient (Wildman–Crippen LogP) is 2.82. The van der Waals surface area contributed by atoms with Gasteiger partial charge in [0.25, 0.3) is 0 Å². The summed E-state index contributed by atoms with van der Waals surface area (Å²) in [5, 5.41) is -0.0708. The van der Waals surface area contributed by atoms with Gasteiger partial charge in [-0.05, 0) is 30.7 Å². The van der Waals surface area contributed by atoms with Gasteiger partial charge in [-0.15, -0.1) is 11.6 Å². The maximum atomic E-state index is 11.7. The van der Waals surface area contributed by atoms with Gasteiger partial charge >= 0.3 is 0 Å². The van der Waals surface area contributed by atoms with Crippen LogP contribution in [-0.4, -0.2) is 24.4 Å². The second kappa shape index (κ2) is 5.41. The third-order valence-electron chi connectivity index (χ3n) is 2.70. The van der Waals surface area contributed by atoms with Crippen LogP contribution in [0.1, 0.15) is 19.8 Å². The third-order valence-corrected chi connectivity index (χ3v) is 2.99. The van der Waals surface area contributed by atoms with E-state index in [1.54, 1.807) is 4.90 Å². The zero-order chi connectivity index (χ0) is 12.3. The average molecular weight is 254 g/mol. The van der Waals surface area contributed by atoms with Crippen molar-refractivity contribution in [1.82, 2.24) is 0 Å². The standard InChI is InChI=1S/C13H16ClNO2/c1-2-7-17-12-5-3-11(4-6-12)15-9-10(14)8-13(15)16/h3-6,10H,2,7-9H2,1H3. The van der Waals surface area contributed by atoms with Crippen molar-refractivity contribution in [2.75, 3.05) is 18.1 Å². The SMILES string of the molecule is CCCOc1ccc(N2CC(Cl)CC2=O)cc1. The van der Waals surface area contributed by atoms with Crippen LogP contribution in [-0.2, 0) is 4.79 Å². The summed E-state index contributed by atoms with van der Waals surface area (Å²) in [6, 6.07) is 7.58. The summed E-state index contributed by atoms with van der Waals surface area (Å²) in [7, 11) is 0. The number of alkyl halides is 1. The first kappa shape index (κ1) is 12.2. The maximum absolute atomic E-state index is 11.7. The van der Waals surface area contributed by atoms with Crippen molar-refractivity contribution in [2.45, 2.75) is 25.1 Å². The maximum Gasteiger partial charge on any atom is 0.228 e. The van der Waals surface area contributed by atoms with Gasteiger partial charge in [0.2, 0.25) is 5.91 Å². The number of hydrogen-bond donors (Lipinski definition) is 0. The normalized spacial score (nSPS) is 19.8. The lowest BCUT2D eigenvalue weighted by atomic mass is 10.3. The molecule has 1 aliphatic heterocycles. The van der Waals surface area contributed by atoms with Gasteiger partial charge in [0.05, 0.1) is 12.0 Å². The molecule has 1 aromatic carbocycles. The first-order valence-electron chi connectivity index (χ1n) is 5.88. The quantitative estimate of drug-likeness (QED) is 0.773. The molecule has 92 valence electrons. The monoisotopic (exact) mass is 253 g/mol. The number of halogens is 1. The van der Waals surface area contributed by atoms with Crippen LogP contribution in [0.4, 0.5) is 5.69 Å². The van der Waals surface area contributed by atoms with Gasteiger partial charge in [-0.1, -0.05) is 6.92 Å². The van der Waals surface area contributed by atoms with E-state index in [-0.39, 0.29) is 11.3 Å². The lowest BCUT2D eigenvalue weighted by molar-refractivity contribution is -0.117. The van der Waals surface area contributed by atoms with Gasteiger partial charge in [0.15, 0.2) is 0 Å². The fraction of sp³-hybridized carbons (Fsp3) is 0.462. The van der Waals surface area contributed by atoms with Crippen molar-refractivity contribution < 1.29 is 9.53 Å². The summed E-state index contributed by atoms with van der Waals surface area (Å²) in [5.41, 5.74) is 0.891. The molecule has 0 N–H and O–H groups in total. The number of benzene rings is 1. The fourth-order valence-electron chi connectivity index (χ4n) is 1.86. The molecule has 1 saturated heterocycles. The largest absolute Gasteiger partial charge is 0.494 e. The summed E-state index contributed by atoms with van der Waals surface area (Å²) in [6.45, 7) is 3.37. The van der Waals surface area contributed by atoms with Crippen molar-refractivity contribution in [1.29, 1.82) is 0 Å². The summed E-state index contributed by atoms with van der Waals surface area (Å²) in [6.07, 6.45) is 1.41. The molecular formula is C13H16ClNO2. The minimum Gasteiger partial charge on any atom is -0.494 e. The Balaban J connectivity index is 2.05. The highest BCUT2D eigenvalue weighted by atomic mass is 35.5. The molecule has 4 heteroatoms. The summed E-state index contributed by atoms with van der Waals surface area (Å²) < 4.78 is 5.49. The van der Waals surface area contributed by atoms with Crippen molar-refractivity contribution in [2.24, 2.45) is 0 Å². The number of amides is 1. The third kappa shape index (κ3) is 2.91. The Morgan fingerprint density at radius 3 is 2.65 bits per heavy atom. The smallest absolute Gasteiger partial charge is 0.228 e. The van der Waals surface area contributed by atoms with Crippen LogP contribution in [0.2, 0.25) is 0 Å². The number of carbonyl (C=O) groups excluding carboxylic acids is 1. The Labute approximate surface area is 106 Å². The molecule has 1 aliphatic rings. The molecule has 3 nitrogen and oxygen atoms in total. The van der Waals surface area contributed by atoms with E-state index in [2.05, 4.69) is 6.92 Å². The van der Waals surface area contributed by atoms with Crippen LogP contribution in [0.5, 0.6) is 5.75 Å². The van der Waals surface area contributed by atoms with Crippen molar-refractivity contribution in [3.63, 3.8) is 0 Å². The van der Waals surface area contributed by atoms with Crippen molar-refractivity contribution in [3.05, 3.63) is 24.3 Å². The minimum atomic E-state index is -0.0708. The number of anilines is 1. The van der Waals surface area contributed by atoms with Gasteiger partial charge in [-0.3, -0.25) is 4.79 Å². The molecule has 1 unspecified atom stereocenters. The second-order valence-corrected chi connectivity index (χ2v) is 4.77. The van der Waals surface area contributed by atoms with Crippen molar-refractivity contribution >= 4 is 23.2 Å². The number of nitrogens with zero attached hydrogens (tertiary/aromatic N) is 1. The highest BCUT2D eigenvalue weighted by Crippen LogP contribution is 2.26. The topological polar surface area (TPSA) is 29.5 Å². The van der Waals surface area contributed by atoms with E-state index in [4.69, 9.17) is 16.3 Å². The zero-order valence-electron chi connectivity index (χ0n) is 9.86. The molecule has 1 heterocycles. The molecule has 0 aromatic heterocycles. The number of ether oxygens (including phenoxy) is 1. The fourth-order valence-corrected chi connectivity index (χ4v) is 2.13. The summed E-state index contributed by atoms with van der Waals surface area (Å²) in [5.74, 6) is 0.928. The molecule has 0 spiro atoms. The molecule has 1 amide bonds. The van der Waals surface area contributed by atoms with Crippen molar-refractivity contribution in [3.8, 4) is 5.75 Å². The Morgan fingerprint density at radius 1 is 1.41 bits per heavy atom. The van der Waals surface area contributed by atoms with Gasteiger partial charge in [-0.25, -0.2) is 0 Å². The highest BCUT2D eigenvalue weighted by Gasteiger charge is 2.28. The predicted molar refractivity (Wildman–Crippen MR) is 68.8 cm³/mol. The minimum absolute atomic E-state index is 0.0708. The lowest BCUT2D eigenvalue weighted by Crippen LogP contribution is -2.24. The van der Waals surface area contributed by atoms with E-state index >= 15 is 0 Å². The molecule has 0 bridgehead atoms. The average Bonchev–Trinajstić information content (AvgIpc) is 2.66. The van der Waals surface area contributed by atoms with E-state index in [9.17, 15) is 4.79 Å². The molecule has 1 fully saturated rings. The molecular weight excluding hydrogens is 238 g/mol. The molecule has 17 heavy (non-hydrogen) atoms. The van der Waals surface area contributed by atoms with Crippen LogP contribution in [0.3, 0.4) is 0 Å². The molecule has 0 aliphatic carbocycles. The Morgan fingerprint density at radius 2 is 2.12 bits per heavy atom. The Kier molecular flexibility index (Phi) is 3.89. The number of rotatable bonds is 4. The van der Waals surface area contributed by atoms with Gasteiger partial charge in [0.1, 0.15) is 5.75 Å². The van der Waals surface area contributed by atoms with Crippen LogP contribution < -0.4 is 9.64 Å². The number of carbonyl (C=O) groups is 1. The van der Waals surface area contributed by atoms with E-state index in [1.165, 1.54) is 0 Å². The van der Waals surface area contributed by atoms with E-state index < -0.39 is 0 Å². The van der Waals surface area contributed by atoms with Gasteiger partial charge < -0.3 is 9.64 Å². The summed E-state index contributed by atoms with van der Waals surface area (Å²) in [4.78, 5) is 13.4. The molecule has 0 radical (unpaired) electrons. The highest BCUT2D eigenvalue weighted by molar-refractivity contribution is 6.24. The van der Waals surface area contributed by atoms with Crippen LogP contribution in [0, 0.1) is 0 Å².